The lowest BCUT2D eigenvalue weighted by atomic mass is 9.53. The molecule has 4 aliphatic rings. The molecule has 0 aromatic heterocycles. The van der Waals surface area contributed by atoms with Gasteiger partial charge in [0.15, 0.2) is 0 Å². The Kier molecular flexibility index (Phi) is 3.89. The number of nitrogens with zero attached hydrogens (tertiary/aromatic N) is 1. The van der Waals surface area contributed by atoms with E-state index in [1.165, 1.54) is 5.56 Å². The van der Waals surface area contributed by atoms with Gasteiger partial charge in [0.2, 0.25) is 0 Å². The Hall–Kier alpha value is -1.85. The zero-order valence-corrected chi connectivity index (χ0v) is 16.0. The summed E-state index contributed by atoms with van der Waals surface area (Å²) in [6, 6.07) is 4.34. The maximum Gasteiger partial charge on any atom is 0.341 e. The highest BCUT2D eigenvalue weighted by atomic mass is 16.5. The third-order valence-electron chi connectivity index (χ3n) is 7.12. The van der Waals surface area contributed by atoms with Gasteiger partial charge in [-0.2, -0.15) is 0 Å². The second kappa shape index (κ2) is 6.08. The third kappa shape index (κ3) is 2.21. The highest BCUT2D eigenvalue weighted by Crippen LogP contribution is 2.61. The van der Waals surface area contributed by atoms with Gasteiger partial charge in [0.1, 0.15) is 23.5 Å². The van der Waals surface area contributed by atoms with Crippen molar-refractivity contribution in [3.05, 3.63) is 41.0 Å². The molecule has 2 aliphatic carbocycles. The number of carbonyl (C=O) groups excluding carboxylic acids is 1. The smallest absolute Gasteiger partial charge is 0.341 e. The van der Waals surface area contributed by atoms with Crippen molar-refractivity contribution in [2.75, 3.05) is 20.2 Å². The van der Waals surface area contributed by atoms with E-state index in [1.807, 2.05) is 12.1 Å². The van der Waals surface area contributed by atoms with E-state index in [4.69, 9.17) is 9.47 Å². The van der Waals surface area contributed by atoms with Gasteiger partial charge in [-0.25, -0.2) is 4.79 Å². The van der Waals surface area contributed by atoms with Gasteiger partial charge >= 0.3 is 5.97 Å². The monoisotopic (exact) mass is 369 g/mol. The summed E-state index contributed by atoms with van der Waals surface area (Å²) in [5, 5.41) is 10.7. The van der Waals surface area contributed by atoms with Crippen LogP contribution in [0.3, 0.4) is 0 Å². The van der Waals surface area contributed by atoms with Crippen molar-refractivity contribution in [3.8, 4) is 5.75 Å². The molecule has 144 valence electrons. The number of rotatable bonds is 4. The molecule has 2 aliphatic heterocycles. The number of hydrogen-bond donors (Lipinski definition) is 1. The van der Waals surface area contributed by atoms with Crippen molar-refractivity contribution in [2.45, 2.75) is 56.3 Å². The second-order valence-electron chi connectivity index (χ2n) is 8.45. The molecule has 2 bridgehead atoms. The minimum Gasteiger partial charge on any atom is -0.485 e. The van der Waals surface area contributed by atoms with Crippen LogP contribution >= 0.6 is 0 Å². The maximum atomic E-state index is 12.7. The fourth-order valence-corrected chi connectivity index (χ4v) is 5.80. The quantitative estimate of drug-likeness (QED) is 0.502. The molecule has 1 aromatic rings. The fraction of sp³-hybridized carbons (Fsp3) is 0.591. The topological polar surface area (TPSA) is 59.0 Å². The minimum absolute atomic E-state index is 0.228. The van der Waals surface area contributed by atoms with Gasteiger partial charge < -0.3 is 19.5 Å². The highest BCUT2D eigenvalue weighted by Gasteiger charge is 2.64. The Labute approximate surface area is 160 Å². The standard InChI is InChI=1S/C22H27NO4/c1-3-4-11-26-21(25)14-6-5-13-12-16-15-7-8-17(24)20-22(15,9-10-23(16)2)18(13)19(14)27-20/h5-8,15-17,20,24H,3-4,9-12H2,1-2H3/t15-,16-,17+,20+,22+/m1/s1. The van der Waals surface area contributed by atoms with E-state index in [9.17, 15) is 9.90 Å². The number of esters is 1. The first-order chi connectivity index (χ1) is 13.1. The Morgan fingerprint density at radius 3 is 3.07 bits per heavy atom. The molecule has 0 amide bonds. The van der Waals surface area contributed by atoms with Crippen LogP contribution in [-0.2, 0) is 16.6 Å². The largest absolute Gasteiger partial charge is 0.485 e. The van der Waals surface area contributed by atoms with Gasteiger partial charge in [-0.05, 0) is 44.5 Å². The van der Waals surface area contributed by atoms with Crippen LogP contribution in [0.4, 0.5) is 0 Å². The molecule has 1 fully saturated rings. The molecule has 5 nitrogen and oxygen atoms in total. The van der Waals surface area contributed by atoms with Gasteiger partial charge in [0.25, 0.3) is 0 Å². The van der Waals surface area contributed by atoms with E-state index in [0.717, 1.165) is 37.8 Å². The van der Waals surface area contributed by atoms with Crippen LogP contribution in [0, 0.1) is 5.92 Å². The lowest BCUT2D eigenvalue weighted by Gasteiger charge is -2.56. The van der Waals surface area contributed by atoms with E-state index >= 15 is 0 Å². The molecule has 0 radical (unpaired) electrons. The van der Waals surface area contributed by atoms with Gasteiger partial charge in [0, 0.05) is 22.9 Å². The Morgan fingerprint density at radius 1 is 1.41 bits per heavy atom. The van der Waals surface area contributed by atoms with E-state index < -0.39 is 6.10 Å². The molecule has 1 aromatic carbocycles. The summed E-state index contributed by atoms with van der Waals surface area (Å²) in [5.74, 6) is 0.657. The molecular weight excluding hydrogens is 342 g/mol. The molecular formula is C22H27NO4. The molecule has 1 spiro atoms. The summed E-state index contributed by atoms with van der Waals surface area (Å²) in [4.78, 5) is 15.1. The molecule has 5 atom stereocenters. The average Bonchev–Trinajstić information content (AvgIpc) is 3.01. The number of hydrogen-bond acceptors (Lipinski definition) is 5. The number of piperidine rings is 1. The number of carbonyl (C=O) groups is 1. The zero-order chi connectivity index (χ0) is 18.8. The molecule has 5 rings (SSSR count). The van der Waals surface area contributed by atoms with Crippen LogP contribution in [0.5, 0.6) is 5.75 Å². The number of likely N-dealkylation sites (tertiary alicyclic amines) is 1. The predicted molar refractivity (Wildman–Crippen MR) is 101 cm³/mol. The molecule has 0 saturated carbocycles. The van der Waals surface area contributed by atoms with Crippen molar-refractivity contribution < 1.29 is 19.4 Å². The van der Waals surface area contributed by atoms with Crippen molar-refractivity contribution in [1.82, 2.24) is 4.90 Å². The third-order valence-corrected chi connectivity index (χ3v) is 7.12. The van der Waals surface area contributed by atoms with Crippen LogP contribution in [0.15, 0.2) is 24.3 Å². The van der Waals surface area contributed by atoms with Crippen LogP contribution in [0.25, 0.3) is 0 Å². The Bertz CT molecular complexity index is 819. The first-order valence-electron chi connectivity index (χ1n) is 10.1. The summed E-state index contributed by atoms with van der Waals surface area (Å²) in [6.07, 6.45) is 6.84. The molecule has 27 heavy (non-hydrogen) atoms. The second-order valence-corrected chi connectivity index (χ2v) is 8.45. The van der Waals surface area contributed by atoms with Crippen molar-refractivity contribution >= 4 is 5.97 Å². The van der Waals surface area contributed by atoms with E-state index in [1.54, 1.807) is 0 Å². The first kappa shape index (κ1) is 17.3. The highest BCUT2D eigenvalue weighted by molar-refractivity contribution is 5.94. The summed E-state index contributed by atoms with van der Waals surface area (Å²) >= 11 is 0. The number of unbranched alkanes of at least 4 members (excludes halogenated alkanes) is 1. The summed E-state index contributed by atoms with van der Waals surface area (Å²) in [6.45, 7) is 3.48. The van der Waals surface area contributed by atoms with Crippen molar-refractivity contribution in [2.24, 2.45) is 5.92 Å². The normalized spacial score (nSPS) is 35.5. The first-order valence-corrected chi connectivity index (χ1v) is 10.1. The lowest BCUT2D eigenvalue weighted by Crippen LogP contribution is -2.64. The molecule has 1 N–H and O–H groups in total. The van der Waals surface area contributed by atoms with Crippen LogP contribution in [0.2, 0.25) is 0 Å². The predicted octanol–water partition coefficient (Wildman–Crippen LogP) is 2.45. The van der Waals surface area contributed by atoms with Gasteiger partial charge in [0.05, 0.1) is 6.61 Å². The minimum atomic E-state index is -0.646. The molecule has 1 saturated heterocycles. The molecule has 2 heterocycles. The average molecular weight is 369 g/mol. The number of aliphatic hydroxyl groups excluding tert-OH is 1. The van der Waals surface area contributed by atoms with Crippen LogP contribution in [-0.4, -0.2) is 54.4 Å². The molecule has 0 unspecified atom stereocenters. The lowest BCUT2D eigenvalue weighted by molar-refractivity contribution is -0.0452. The van der Waals surface area contributed by atoms with Gasteiger partial charge in [-0.1, -0.05) is 31.6 Å². The number of likely N-dealkylation sites (N-methyl/N-ethyl adjacent to an activating group) is 1. The van der Waals surface area contributed by atoms with E-state index in [2.05, 4.69) is 31.0 Å². The number of benzene rings is 1. The molecule has 5 heteroatoms. The summed E-state index contributed by atoms with van der Waals surface area (Å²) in [5.41, 5.74) is 2.70. The van der Waals surface area contributed by atoms with Gasteiger partial charge in [-0.15, -0.1) is 0 Å². The number of ether oxygens (including phenoxy) is 2. The van der Waals surface area contributed by atoms with Crippen molar-refractivity contribution in [3.63, 3.8) is 0 Å². The van der Waals surface area contributed by atoms with Crippen molar-refractivity contribution in [1.29, 1.82) is 0 Å². The Morgan fingerprint density at radius 2 is 2.26 bits per heavy atom. The fourth-order valence-electron chi connectivity index (χ4n) is 5.80. The van der Waals surface area contributed by atoms with E-state index in [-0.39, 0.29) is 17.5 Å². The van der Waals surface area contributed by atoms with Gasteiger partial charge in [-0.3, -0.25) is 0 Å². The summed E-state index contributed by atoms with van der Waals surface area (Å²) in [7, 11) is 2.19. The SMILES string of the molecule is CCCCOC(=O)c1ccc2c3c1O[C@H]1[C@@H](O)C=C[C@@H]4[C@@H](C2)N(C)CC[C@@]341. The zero-order valence-electron chi connectivity index (χ0n) is 16.0. The maximum absolute atomic E-state index is 12.7. The summed E-state index contributed by atoms with van der Waals surface area (Å²) < 4.78 is 11.8. The van der Waals surface area contributed by atoms with Crippen LogP contribution < -0.4 is 4.74 Å². The number of aliphatic hydroxyl groups is 1. The van der Waals surface area contributed by atoms with Crippen LogP contribution in [0.1, 0.15) is 47.7 Å². The Balaban J connectivity index is 1.63. The van der Waals surface area contributed by atoms with E-state index in [0.29, 0.717) is 29.9 Å².